The zero-order valence-electron chi connectivity index (χ0n) is 13.3. The quantitative estimate of drug-likeness (QED) is 0.893. The van der Waals surface area contributed by atoms with Crippen LogP contribution >= 0.6 is 0 Å². The first-order valence-corrected chi connectivity index (χ1v) is 8.44. The van der Waals surface area contributed by atoms with E-state index >= 15 is 0 Å². The second-order valence-electron chi connectivity index (χ2n) is 6.59. The van der Waals surface area contributed by atoms with Crippen LogP contribution in [0.3, 0.4) is 0 Å². The normalized spacial score (nSPS) is 24.6. The van der Waals surface area contributed by atoms with Gasteiger partial charge in [0.2, 0.25) is 5.91 Å². The number of amides is 1. The molecular formula is C17H25N3O2. The molecule has 0 spiro atoms. The number of fused-ring (bicyclic) bond motifs is 1. The number of aliphatic hydroxyl groups excluding tert-OH is 1. The van der Waals surface area contributed by atoms with Crippen molar-refractivity contribution in [3.05, 3.63) is 22.8 Å². The maximum Gasteiger partial charge on any atom is 0.223 e. The van der Waals surface area contributed by atoms with Crippen LogP contribution in [0.4, 0.5) is 0 Å². The maximum atomic E-state index is 12.2. The van der Waals surface area contributed by atoms with E-state index < -0.39 is 0 Å². The van der Waals surface area contributed by atoms with Crippen LogP contribution in [-0.4, -0.2) is 27.1 Å². The number of carbonyl (C=O) groups is 1. The Morgan fingerprint density at radius 1 is 1.23 bits per heavy atom. The number of hydrogen-bond acceptors (Lipinski definition) is 4. The summed E-state index contributed by atoms with van der Waals surface area (Å²) in [5.74, 6) is 0.669. The van der Waals surface area contributed by atoms with E-state index in [1.807, 2.05) is 6.92 Å². The summed E-state index contributed by atoms with van der Waals surface area (Å²) in [5.41, 5.74) is 3.52. The fourth-order valence-electron chi connectivity index (χ4n) is 3.64. The van der Waals surface area contributed by atoms with Crippen LogP contribution in [0.2, 0.25) is 0 Å². The average Bonchev–Trinajstić information content (AvgIpc) is 2.53. The summed E-state index contributed by atoms with van der Waals surface area (Å²) in [6.45, 7) is 2.42. The minimum Gasteiger partial charge on any atom is -0.393 e. The maximum absolute atomic E-state index is 12.2. The topological polar surface area (TPSA) is 75.1 Å². The van der Waals surface area contributed by atoms with Gasteiger partial charge in [-0.25, -0.2) is 9.97 Å². The van der Waals surface area contributed by atoms with Crippen molar-refractivity contribution in [1.29, 1.82) is 0 Å². The van der Waals surface area contributed by atoms with Gasteiger partial charge < -0.3 is 10.4 Å². The van der Waals surface area contributed by atoms with Gasteiger partial charge in [0.25, 0.3) is 0 Å². The molecule has 120 valence electrons. The molecule has 5 nitrogen and oxygen atoms in total. The Bertz CT molecular complexity index is 559. The third kappa shape index (κ3) is 3.46. The van der Waals surface area contributed by atoms with E-state index in [0.29, 0.717) is 18.8 Å². The Hall–Kier alpha value is -1.49. The Kier molecular flexibility index (Phi) is 4.71. The molecule has 2 atom stereocenters. The Balaban J connectivity index is 1.61. The van der Waals surface area contributed by atoms with Gasteiger partial charge in [-0.2, -0.15) is 0 Å². The second kappa shape index (κ2) is 6.73. The zero-order valence-corrected chi connectivity index (χ0v) is 13.3. The molecule has 0 aromatic carbocycles. The molecule has 0 bridgehead atoms. The molecule has 1 amide bonds. The summed E-state index contributed by atoms with van der Waals surface area (Å²) >= 11 is 0. The van der Waals surface area contributed by atoms with Crippen molar-refractivity contribution >= 4 is 5.91 Å². The van der Waals surface area contributed by atoms with Crippen molar-refractivity contribution in [3.8, 4) is 0 Å². The highest BCUT2D eigenvalue weighted by Crippen LogP contribution is 2.24. The molecule has 0 radical (unpaired) electrons. The first kappa shape index (κ1) is 15.4. The van der Waals surface area contributed by atoms with Crippen LogP contribution in [0.1, 0.15) is 61.3 Å². The van der Waals surface area contributed by atoms with Crippen molar-refractivity contribution in [1.82, 2.24) is 15.3 Å². The minimum absolute atomic E-state index is 0.0257. The molecule has 1 aromatic rings. The van der Waals surface area contributed by atoms with Gasteiger partial charge in [0.1, 0.15) is 5.82 Å². The first-order valence-electron chi connectivity index (χ1n) is 8.44. The third-order valence-electron chi connectivity index (χ3n) is 4.87. The number of aromatic nitrogens is 2. The fraction of sp³-hybridized carbons (Fsp3) is 0.706. The molecule has 5 heteroatoms. The highest BCUT2D eigenvalue weighted by atomic mass is 16.3. The zero-order chi connectivity index (χ0) is 15.5. The lowest BCUT2D eigenvalue weighted by molar-refractivity contribution is -0.127. The summed E-state index contributed by atoms with van der Waals surface area (Å²) in [4.78, 5) is 21.4. The number of aryl methyl sites for hydroxylation is 2. The molecule has 1 heterocycles. The Labute approximate surface area is 131 Å². The van der Waals surface area contributed by atoms with Gasteiger partial charge in [-0.05, 0) is 57.4 Å². The van der Waals surface area contributed by atoms with Crippen molar-refractivity contribution in [2.24, 2.45) is 5.92 Å². The molecular weight excluding hydrogens is 278 g/mol. The molecule has 22 heavy (non-hydrogen) atoms. The first-order chi connectivity index (χ1) is 10.6. The monoisotopic (exact) mass is 303 g/mol. The molecule has 0 aliphatic heterocycles. The van der Waals surface area contributed by atoms with Crippen molar-refractivity contribution < 1.29 is 9.90 Å². The molecule has 3 rings (SSSR count). The summed E-state index contributed by atoms with van der Waals surface area (Å²) in [6.07, 6.45) is 7.37. The Morgan fingerprint density at radius 3 is 2.86 bits per heavy atom. The van der Waals surface area contributed by atoms with Crippen molar-refractivity contribution in [3.63, 3.8) is 0 Å². The van der Waals surface area contributed by atoms with Crippen molar-refractivity contribution in [2.45, 2.75) is 70.9 Å². The highest BCUT2D eigenvalue weighted by molar-refractivity contribution is 5.78. The second-order valence-corrected chi connectivity index (χ2v) is 6.59. The SMILES string of the molecule is Cc1nc(CNC(=O)[C@H]2CCC[C@H](O)C2)nc2c1CCCC2. The van der Waals surface area contributed by atoms with Crippen LogP contribution in [0.25, 0.3) is 0 Å². The largest absolute Gasteiger partial charge is 0.393 e. The fourth-order valence-corrected chi connectivity index (χ4v) is 3.64. The van der Waals surface area contributed by atoms with E-state index in [4.69, 9.17) is 0 Å². The van der Waals surface area contributed by atoms with Crippen LogP contribution in [0, 0.1) is 12.8 Å². The number of rotatable bonds is 3. The molecule has 2 aliphatic carbocycles. The number of nitrogens with zero attached hydrogens (tertiary/aromatic N) is 2. The molecule has 1 saturated carbocycles. The van der Waals surface area contributed by atoms with Gasteiger partial charge >= 0.3 is 0 Å². The smallest absolute Gasteiger partial charge is 0.223 e. The molecule has 2 N–H and O–H groups in total. The van der Waals surface area contributed by atoms with Gasteiger partial charge in [0.05, 0.1) is 12.6 Å². The molecule has 0 saturated heterocycles. The van der Waals surface area contributed by atoms with E-state index in [1.165, 1.54) is 18.4 Å². The Morgan fingerprint density at radius 2 is 2.05 bits per heavy atom. The van der Waals surface area contributed by atoms with Crippen LogP contribution < -0.4 is 5.32 Å². The number of hydrogen-bond donors (Lipinski definition) is 2. The molecule has 0 unspecified atom stereocenters. The predicted molar refractivity (Wildman–Crippen MR) is 83.2 cm³/mol. The van der Waals surface area contributed by atoms with E-state index in [0.717, 1.165) is 43.5 Å². The van der Waals surface area contributed by atoms with Gasteiger partial charge in [0, 0.05) is 17.3 Å². The van der Waals surface area contributed by atoms with Crippen LogP contribution in [0.15, 0.2) is 0 Å². The van der Waals surface area contributed by atoms with E-state index in [-0.39, 0.29) is 17.9 Å². The third-order valence-corrected chi connectivity index (χ3v) is 4.87. The lowest BCUT2D eigenvalue weighted by Crippen LogP contribution is -2.35. The van der Waals surface area contributed by atoms with Gasteiger partial charge in [-0.15, -0.1) is 0 Å². The van der Waals surface area contributed by atoms with Crippen molar-refractivity contribution in [2.75, 3.05) is 0 Å². The summed E-state index contributed by atoms with van der Waals surface area (Å²) in [5, 5.41) is 12.6. The summed E-state index contributed by atoms with van der Waals surface area (Å²) in [6, 6.07) is 0. The number of nitrogens with one attached hydrogen (secondary N) is 1. The lowest BCUT2D eigenvalue weighted by Gasteiger charge is -2.25. The van der Waals surface area contributed by atoms with Gasteiger partial charge in [-0.3, -0.25) is 4.79 Å². The minimum atomic E-state index is -0.327. The summed E-state index contributed by atoms with van der Waals surface area (Å²) < 4.78 is 0. The molecule has 1 aromatic heterocycles. The summed E-state index contributed by atoms with van der Waals surface area (Å²) in [7, 11) is 0. The van der Waals surface area contributed by atoms with Crippen LogP contribution in [-0.2, 0) is 24.2 Å². The van der Waals surface area contributed by atoms with Gasteiger partial charge in [-0.1, -0.05) is 6.42 Å². The van der Waals surface area contributed by atoms with E-state index in [2.05, 4.69) is 15.3 Å². The molecule has 2 aliphatic rings. The lowest BCUT2D eigenvalue weighted by atomic mass is 9.87. The van der Waals surface area contributed by atoms with Crippen LogP contribution in [0.5, 0.6) is 0 Å². The standard InChI is InChI=1S/C17H25N3O2/c1-11-14-7-2-3-8-15(14)20-16(19-11)10-18-17(22)12-5-4-6-13(21)9-12/h12-13,21H,2-10H2,1H3,(H,18,22)/t12-,13-/m0/s1. The van der Waals surface area contributed by atoms with E-state index in [1.54, 1.807) is 0 Å². The number of carbonyl (C=O) groups excluding carboxylic acids is 1. The number of aliphatic hydroxyl groups is 1. The average molecular weight is 303 g/mol. The predicted octanol–water partition coefficient (Wildman–Crippen LogP) is 1.83. The highest BCUT2D eigenvalue weighted by Gasteiger charge is 2.26. The van der Waals surface area contributed by atoms with E-state index in [9.17, 15) is 9.90 Å². The molecule has 1 fully saturated rings. The van der Waals surface area contributed by atoms with Gasteiger partial charge in [0.15, 0.2) is 0 Å².